The molecule has 9 nitrogen and oxygen atoms in total. The van der Waals surface area contributed by atoms with Crippen LogP contribution in [-0.2, 0) is 32.2 Å². The molecule has 1 fully saturated rings. The Labute approximate surface area is 276 Å². The third-order valence-electron chi connectivity index (χ3n) is 7.05. The van der Waals surface area contributed by atoms with E-state index in [-0.39, 0.29) is 42.3 Å². The number of nitrogens with zero attached hydrogens (tertiary/aromatic N) is 3. The van der Waals surface area contributed by atoms with Gasteiger partial charge in [-0.3, -0.25) is 9.59 Å². The Morgan fingerprint density at radius 3 is 1.71 bits per heavy atom. The lowest BCUT2D eigenvalue weighted by Crippen LogP contribution is -2.39. The number of unbranched alkanes of at least 4 members (excludes halogenated alkanes) is 1. The number of ether oxygens (including phenoxy) is 1. The number of thioether (sulfide) groups is 4. The van der Waals surface area contributed by atoms with Crippen molar-refractivity contribution >= 4 is 64.8 Å². The molecule has 13 heteroatoms. The van der Waals surface area contributed by atoms with Gasteiger partial charge in [-0.15, -0.1) is 0 Å². The summed E-state index contributed by atoms with van der Waals surface area (Å²) in [5.41, 5.74) is 1.48. The number of hydrazine groups is 1. The number of carbonyl (C=O) groups excluding carboxylic acids is 3. The van der Waals surface area contributed by atoms with Crippen molar-refractivity contribution < 1.29 is 29.3 Å². The minimum absolute atomic E-state index is 0.0329. The molecule has 2 N–H and O–H groups in total. The zero-order chi connectivity index (χ0) is 31.7. The number of nitriles is 1. The van der Waals surface area contributed by atoms with E-state index >= 15 is 0 Å². The SMILES string of the molecule is CCCCOC(=O)C(C#N)=C1Sc2c(O)c3c(c(O)c2S1)SC(=C1C(=O)N(Cc2ccccc2)N(Cc2ccccc2)C1=O)S3. The van der Waals surface area contributed by atoms with Crippen LogP contribution < -0.4 is 0 Å². The van der Waals surface area contributed by atoms with Crippen LogP contribution in [0.2, 0.25) is 0 Å². The van der Waals surface area contributed by atoms with Crippen LogP contribution in [-0.4, -0.2) is 44.6 Å². The fraction of sp³-hybridized carbons (Fsp3) is 0.188. The molecule has 0 aliphatic carbocycles. The van der Waals surface area contributed by atoms with Gasteiger partial charge in [-0.25, -0.2) is 14.8 Å². The molecule has 45 heavy (non-hydrogen) atoms. The predicted octanol–water partition coefficient (Wildman–Crippen LogP) is 6.77. The summed E-state index contributed by atoms with van der Waals surface area (Å²) < 4.78 is 5.86. The van der Waals surface area contributed by atoms with Crippen molar-refractivity contribution in [2.75, 3.05) is 6.61 Å². The van der Waals surface area contributed by atoms with Gasteiger partial charge in [0.05, 0.1) is 47.8 Å². The highest BCUT2D eigenvalue weighted by Crippen LogP contribution is 2.68. The zero-order valence-electron chi connectivity index (χ0n) is 23.8. The van der Waals surface area contributed by atoms with Gasteiger partial charge in [0.1, 0.15) is 23.1 Å². The first-order valence-electron chi connectivity index (χ1n) is 13.9. The Morgan fingerprint density at radius 1 is 0.800 bits per heavy atom. The fourth-order valence-corrected chi connectivity index (χ4v) is 10.0. The maximum atomic E-state index is 13.9. The first-order chi connectivity index (χ1) is 21.8. The van der Waals surface area contributed by atoms with Crippen LogP contribution in [0.4, 0.5) is 0 Å². The summed E-state index contributed by atoms with van der Waals surface area (Å²) >= 11 is 4.09. The Bertz CT molecular complexity index is 1720. The van der Waals surface area contributed by atoms with Gasteiger partial charge < -0.3 is 14.9 Å². The van der Waals surface area contributed by atoms with Gasteiger partial charge in [0.25, 0.3) is 11.8 Å². The number of fused-ring (bicyclic) bond motifs is 2. The van der Waals surface area contributed by atoms with Crippen molar-refractivity contribution in [3.05, 3.63) is 91.4 Å². The summed E-state index contributed by atoms with van der Waals surface area (Å²) in [6, 6.07) is 20.7. The van der Waals surface area contributed by atoms with Crippen LogP contribution in [0, 0.1) is 11.3 Å². The van der Waals surface area contributed by atoms with Crippen LogP contribution >= 0.6 is 47.0 Å². The van der Waals surface area contributed by atoms with Gasteiger partial charge in [0, 0.05) is 0 Å². The summed E-state index contributed by atoms with van der Waals surface area (Å²) in [5.74, 6) is -2.01. The number of phenols is 2. The molecule has 3 aromatic rings. The highest BCUT2D eigenvalue weighted by molar-refractivity contribution is 8.26. The van der Waals surface area contributed by atoms with Gasteiger partial charge in [-0.05, 0) is 17.5 Å². The molecule has 0 saturated carbocycles. The van der Waals surface area contributed by atoms with Crippen LogP contribution in [0.1, 0.15) is 30.9 Å². The van der Waals surface area contributed by atoms with E-state index in [2.05, 4.69) is 0 Å². The number of amides is 2. The lowest BCUT2D eigenvalue weighted by atomic mass is 10.2. The van der Waals surface area contributed by atoms with E-state index in [1.807, 2.05) is 73.7 Å². The van der Waals surface area contributed by atoms with Gasteiger partial charge in [-0.1, -0.05) is 121 Å². The molecule has 3 aliphatic heterocycles. The maximum Gasteiger partial charge on any atom is 0.350 e. The number of hydrogen-bond acceptors (Lipinski definition) is 11. The Balaban J connectivity index is 1.32. The second kappa shape index (κ2) is 13.2. The smallest absolute Gasteiger partial charge is 0.350 e. The topological polar surface area (TPSA) is 131 Å². The van der Waals surface area contributed by atoms with E-state index < -0.39 is 17.8 Å². The van der Waals surface area contributed by atoms with Crippen molar-refractivity contribution in [3.63, 3.8) is 0 Å². The van der Waals surface area contributed by atoms with Crippen molar-refractivity contribution in [2.24, 2.45) is 0 Å². The summed E-state index contributed by atoms with van der Waals surface area (Å²) in [4.78, 5) is 41.5. The van der Waals surface area contributed by atoms with E-state index in [0.717, 1.165) is 64.6 Å². The number of aromatic hydroxyl groups is 2. The summed E-state index contributed by atoms with van der Waals surface area (Å²) in [5, 5.41) is 35.2. The van der Waals surface area contributed by atoms with Gasteiger partial charge in [0.2, 0.25) is 0 Å². The standard InChI is InChI=1S/C32H25N3O6S4/c1-2-3-14-41-30(40)20(15-33)31-42-24-22(36)26-27(23(37)25(24)43-31)45-32(44-26)21-28(38)34(16-18-10-6-4-7-11-18)35(29(21)39)17-19-12-8-5-9-13-19/h4-13,36-37H,2-3,14,16-17H2,1H3. The molecule has 6 rings (SSSR count). The second-order valence-corrected chi connectivity index (χ2v) is 14.6. The average molecular weight is 676 g/mol. The summed E-state index contributed by atoms with van der Waals surface area (Å²) in [7, 11) is 0. The number of benzene rings is 3. The van der Waals surface area contributed by atoms with Crippen molar-refractivity contribution in [2.45, 2.75) is 52.4 Å². The lowest BCUT2D eigenvalue weighted by Gasteiger charge is -2.27. The monoisotopic (exact) mass is 675 g/mol. The molecule has 2 amide bonds. The third-order valence-corrected chi connectivity index (χ3v) is 12.3. The Morgan fingerprint density at radius 2 is 1.27 bits per heavy atom. The second-order valence-electron chi connectivity index (χ2n) is 10.0. The van der Waals surface area contributed by atoms with E-state index in [1.54, 1.807) is 0 Å². The minimum atomic E-state index is -0.755. The van der Waals surface area contributed by atoms with Crippen molar-refractivity contribution in [1.29, 1.82) is 5.26 Å². The minimum Gasteiger partial charge on any atom is -0.505 e. The third kappa shape index (κ3) is 5.91. The molecule has 228 valence electrons. The van der Waals surface area contributed by atoms with Crippen LogP contribution in [0.25, 0.3) is 0 Å². The molecule has 1 saturated heterocycles. The van der Waals surface area contributed by atoms with E-state index in [4.69, 9.17) is 4.74 Å². The van der Waals surface area contributed by atoms with Crippen molar-refractivity contribution in [1.82, 2.24) is 10.0 Å². The Kier molecular flexibility index (Phi) is 9.09. The molecule has 0 spiro atoms. The number of esters is 1. The first-order valence-corrected chi connectivity index (χ1v) is 17.2. The van der Waals surface area contributed by atoms with E-state index in [0.29, 0.717) is 34.5 Å². The molecule has 3 aliphatic rings. The van der Waals surface area contributed by atoms with Gasteiger partial charge >= 0.3 is 5.97 Å². The molecule has 0 bridgehead atoms. The first kappa shape index (κ1) is 31.0. The normalized spacial score (nSPS) is 15.4. The molecule has 3 heterocycles. The fourth-order valence-electron chi connectivity index (χ4n) is 4.76. The summed E-state index contributed by atoms with van der Waals surface area (Å²) in [6.07, 6.45) is 1.49. The molecular formula is C32H25N3O6S4. The maximum absolute atomic E-state index is 13.9. The Hall–Kier alpha value is -3.96. The number of rotatable bonds is 8. The van der Waals surface area contributed by atoms with Crippen LogP contribution in [0.3, 0.4) is 0 Å². The van der Waals surface area contributed by atoms with Crippen LogP contribution in [0.15, 0.2) is 99.9 Å². The zero-order valence-corrected chi connectivity index (χ0v) is 27.1. The van der Waals surface area contributed by atoms with Gasteiger partial charge in [-0.2, -0.15) is 5.26 Å². The highest BCUT2D eigenvalue weighted by atomic mass is 32.2. The average Bonchev–Trinajstić information content (AvgIpc) is 3.74. The molecular weight excluding hydrogens is 651 g/mol. The quantitative estimate of drug-likeness (QED) is 0.0655. The van der Waals surface area contributed by atoms with Gasteiger partial charge in [0.15, 0.2) is 5.57 Å². The molecule has 0 radical (unpaired) electrons. The largest absolute Gasteiger partial charge is 0.505 e. The molecule has 0 aromatic heterocycles. The van der Waals surface area contributed by atoms with Crippen LogP contribution in [0.5, 0.6) is 11.5 Å². The van der Waals surface area contributed by atoms with Crippen molar-refractivity contribution in [3.8, 4) is 17.6 Å². The van der Waals surface area contributed by atoms with E-state index in [9.17, 15) is 29.9 Å². The molecule has 0 unspecified atom stereocenters. The molecule has 0 atom stereocenters. The highest BCUT2D eigenvalue weighted by Gasteiger charge is 2.46. The lowest BCUT2D eigenvalue weighted by molar-refractivity contribution is -0.149. The number of phenolic OH excluding ortho intramolecular Hbond substituents is 2. The summed E-state index contributed by atoms with van der Waals surface area (Å²) in [6.45, 7) is 2.52. The number of hydrogen-bond donors (Lipinski definition) is 2. The predicted molar refractivity (Wildman–Crippen MR) is 173 cm³/mol. The van der Waals surface area contributed by atoms with E-state index in [1.165, 1.54) is 10.0 Å². The molecule has 3 aromatic carbocycles. The number of carbonyl (C=O) groups is 3.